The van der Waals surface area contributed by atoms with Crippen molar-refractivity contribution < 1.29 is 4.42 Å². The number of hydrogen-bond acceptors (Lipinski definition) is 3. The Bertz CT molecular complexity index is 4380. The lowest BCUT2D eigenvalue weighted by atomic mass is 9.33. The van der Waals surface area contributed by atoms with Gasteiger partial charge in [0.2, 0.25) is 6.71 Å². The molecule has 0 radical (unpaired) electrons. The van der Waals surface area contributed by atoms with Crippen LogP contribution in [0.3, 0.4) is 0 Å². The third kappa shape index (κ3) is 9.97. The second-order valence-electron chi connectivity index (χ2n) is 31.3. The van der Waals surface area contributed by atoms with Gasteiger partial charge < -0.3 is 14.2 Å². The van der Waals surface area contributed by atoms with Crippen LogP contribution >= 0.6 is 0 Å². The zero-order valence-electron chi connectivity index (χ0n) is 55.5. The molecule has 3 aliphatic rings. The fourth-order valence-corrected chi connectivity index (χ4v) is 15.6. The van der Waals surface area contributed by atoms with Crippen molar-refractivity contribution in [3.05, 3.63) is 231 Å². The van der Waals surface area contributed by atoms with E-state index in [0.717, 1.165) is 64.7 Å². The van der Waals surface area contributed by atoms with Crippen LogP contribution in [0.1, 0.15) is 197 Å². The summed E-state index contributed by atoms with van der Waals surface area (Å²) in [7, 11) is 0. The Kier molecular flexibility index (Phi) is 13.8. The highest BCUT2D eigenvalue weighted by Gasteiger charge is 2.44. The van der Waals surface area contributed by atoms with Crippen molar-refractivity contribution in [2.75, 3.05) is 9.80 Å². The molecule has 0 amide bonds. The molecule has 87 heavy (non-hydrogen) atoms. The van der Waals surface area contributed by atoms with E-state index >= 15 is 0 Å². The summed E-state index contributed by atoms with van der Waals surface area (Å²) >= 11 is 0. The lowest BCUT2D eigenvalue weighted by Crippen LogP contribution is -2.59. The van der Waals surface area contributed by atoms with E-state index < -0.39 is 0 Å². The van der Waals surface area contributed by atoms with Crippen molar-refractivity contribution in [3.8, 4) is 11.1 Å². The molecule has 2 aliphatic carbocycles. The van der Waals surface area contributed by atoms with Gasteiger partial charge in [0.15, 0.2) is 0 Å². The predicted octanol–water partition coefficient (Wildman–Crippen LogP) is 21.4. The first-order chi connectivity index (χ1) is 41.0. The summed E-state index contributed by atoms with van der Waals surface area (Å²) in [5, 5.41) is 2.24. The van der Waals surface area contributed by atoms with E-state index in [0.29, 0.717) is 0 Å². The van der Waals surface area contributed by atoms with Gasteiger partial charge in [-0.25, -0.2) is 0 Å². The number of para-hydroxylation sites is 1. The van der Waals surface area contributed by atoms with Crippen LogP contribution in [0.2, 0.25) is 0 Å². The van der Waals surface area contributed by atoms with Crippen LogP contribution in [0.15, 0.2) is 174 Å². The fraction of sp³-hybridized carbons (Fsp3) is 0.349. The number of benzene rings is 9. The van der Waals surface area contributed by atoms with Crippen LogP contribution < -0.4 is 26.2 Å². The highest BCUT2D eigenvalue weighted by atomic mass is 16.3. The van der Waals surface area contributed by atoms with Crippen LogP contribution in [0.4, 0.5) is 34.1 Å². The van der Waals surface area contributed by atoms with Crippen LogP contribution in [-0.2, 0) is 32.5 Å². The van der Waals surface area contributed by atoms with Crippen molar-refractivity contribution in [1.82, 2.24) is 0 Å². The monoisotopic (exact) mass is 1140 g/mol. The zero-order chi connectivity index (χ0) is 61.7. The second-order valence-corrected chi connectivity index (χ2v) is 31.3. The summed E-state index contributed by atoms with van der Waals surface area (Å²) in [5.74, 6) is 0.0557. The molecule has 2 heterocycles. The summed E-state index contributed by atoms with van der Waals surface area (Å²) in [5.41, 5.74) is 30.7. The third-order valence-electron chi connectivity index (χ3n) is 21.2. The van der Waals surface area contributed by atoms with Crippen LogP contribution in [0.25, 0.3) is 33.1 Å². The Morgan fingerprint density at radius 3 is 1.69 bits per heavy atom. The summed E-state index contributed by atoms with van der Waals surface area (Å²) in [6, 6.07) is 66.4. The Balaban J connectivity index is 1.12. The van der Waals surface area contributed by atoms with Gasteiger partial charge in [0.1, 0.15) is 11.2 Å². The molecule has 13 rings (SSSR count). The summed E-state index contributed by atoms with van der Waals surface area (Å²) in [6.07, 6.45) is 4.58. The molecular formula is C83H91BN2O. The van der Waals surface area contributed by atoms with Crippen LogP contribution in [0, 0.1) is 20.8 Å². The Labute approximate surface area is 521 Å². The molecule has 0 bridgehead atoms. The maximum Gasteiger partial charge on any atom is 0.247 e. The van der Waals surface area contributed by atoms with Gasteiger partial charge in [-0.2, -0.15) is 0 Å². The average Bonchev–Trinajstić information content (AvgIpc) is 1.39. The van der Waals surface area contributed by atoms with E-state index in [4.69, 9.17) is 4.42 Å². The predicted molar refractivity (Wildman–Crippen MR) is 376 cm³/mol. The van der Waals surface area contributed by atoms with Gasteiger partial charge in [0.05, 0.1) is 0 Å². The Morgan fingerprint density at radius 1 is 0.448 bits per heavy atom. The molecule has 3 nitrogen and oxygen atoms in total. The van der Waals surface area contributed by atoms with E-state index in [1.807, 2.05) is 0 Å². The van der Waals surface area contributed by atoms with Gasteiger partial charge in [-0.15, -0.1) is 0 Å². The standard InChI is InChI=1S/C83H91BN2O/c1-51-42-53(3)77-74(43-51)86(72-36-29-56(44-52(72)2)78(5,6)7)73-48-60(85(58-32-37-76-65(46-58)62-26-22-23-27-75(62)87-76)59-30-34-66-67(47-59)81(13,14)39-38-80(66,11)12)31-35-70(73)84(77)71-50-69-68(82(15,16)40-41-83(69,17)18)49-63(71)54(4)61-33-28-57(79(8,9)10)45-64(61)55-24-20-19-21-25-55/h19-37,42-50,54H,38-41H2,1-18H3. The largest absolute Gasteiger partial charge is 0.456 e. The molecule has 4 heteroatoms. The summed E-state index contributed by atoms with van der Waals surface area (Å²) < 4.78 is 6.54. The number of fused-ring (bicyclic) bond motifs is 7. The van der Waals surface area contributed by atoms with Gasteiger partial charge in [0.25, 0.3) is 0 Å². The van der Waals surface area contributed by atoms with Gasteiger partial charge in [-0.3, -0.25) is 0 Å². The SMILES string of the molecule is Cc1cc(C)c2c(c1)N(c1ccc(C(C)(C)C)cc1C)c1cc(N(c3ccc4c(c3)C(C)(C)CCC4(C)C)c3ccc4oc5ccccc5c4c3)ccc1B2c1cc2c(cc1C(C)c1ccc(C(C)(C)C)cc1-c1ccccc1)C(C)(C)CCC2(C)C. The molecule has 442 valence electrons. The first-order valence-electron chi connectivity index (χ1n) is 32.4. The number of anilines is 6. The molecule has 0 saturated heterocycles. The zero-order valence-corrected chi connectivity index (χ0v) is 55.5. The van der Waals surface area contributed by atoms with Gasteiger partial charge >= 0.3 is 0 Å². The van der Waals surface area contributed by atoms with Crippen molar-refractivity contribution in [1.29, 1.82) is 0 Å². The van der Waals surface area contributed by atoms with Gasteiger partial charge in [-0.1, -0.05) is 224 Å². The molecule has 0 fully saturated rings. The van der Waals surface area contributed by atoms with Crippen molar-refractivity contribution >= 4 is 79.2 Å². The average molecular weight is 1140 g/mol. The minimum atomic E-state index is -0.0958. The quantitative estimate of drug-likeness (QED) is 0.141. The van der Waals surface area contributed by atoms with E-state index in [1.54, 1.807) is 0 Å². The Morgan fingerprint density at radius 2 is 1.01 bits per heavy atom. The molecular weight excluding hydrogens is 1050 g/mol. The highest BCUT2D eigenvalue weighted by molar-refractivity contribution is 6.98. The topological polar surface area (TPSA) is 19.6 Å². The molecule has 9 aromatic carbocycles. The minimum Gasteiger partial charge on any atom is -0.456 e. The summed E-state index contributed by atoms with van der Waals surface area (Å²) in [4.78, 5) is 5.20. The van der Waals surface area contributed by atoms with E-state index in [2.05, 4.69) is 304 Å². The third-order valence-corrected chi connectivity index (χ3v) is 21.2. The van der Waals surface area contributed by atoms with E-state index in [9.17, 15) is 0 Å². The number of rotatable bonds is 8. The Hall–Kier alpha value is -7.56. The van der Waals surface area contributed by atoms with Gasteiger partial charge in [-0.05, 0) is 217 Å². The lowest BCUT2D eigenvalue weighted by molar-refractivity contribution is 0.332. The van der Waals surface area contributed by atoms with E-state index in [1.165, 1.54) is 106 Å². The minimum absolute atomic E-state index is 0.00489. The van der Waals surface area contributed by atoms with Crippen molar-refractivity contribution in [2.45, 2.75) is 189 Å². The van der Waals surface area contributed by atoms with E-state index in [-0.39, 0.29) is 45.1 Å². The maximum atomic E-state index is 6.54. The molecule has 0 N–H and O–H groups in total. The molecule has 1 aromatic heterocycles. The van der Waals surface area contributed by atoms with Crippen LogP contribution in [-0.4, -0.2) is 6.71 Å². The van der Waals surface area contributed by atoms with Gasteiger partial charge in [0, 0.05) is 50.8 Å². The summed E-state index contributed by atoms with van der Waals surface area (Å²) in [6.45, 7) is 43.2. The highest BCUT2D eigenvalue weighted by Crippen LogP contribution is 2.52. The van der Waals surface area contributed by atoms with Crippen molar-refractivity contribution in [2.24, 2.45) is 0 Å². The first-order valence-corrected chi connectivity index (χ1v) is 32.4. The normalized spacial score (nSPS) is 16.9. The molecule has 10 aromatic rings. The van der Waals surface area contributed by atoms with Crippen LogP contribution in [0.5, 0.6) is 0 Å². The second kappa shape index (κ2) is 20.5. The fourth-order valence-electron chi connectivity index (χ4n) is 15.6. The first kappa shape index (κ1) is 58.5. The number of aryl methyl sites for hydroxylation is 3. The number of nitrogens with zero attached hydrogens (tertiary/aromatic N) is 2. The molecule has 0 spiro atoms. The number of hydrogen-bond donors (Lipinski definition) is 0. The molecule has 1 atom stereocenters. The smallest absolute Gasteiger partial charge is 0.247 e. The number of furan rings is 1. The molecule has 1 aliphatic heterocycles. The molecule has 0 saturated carbocycles. The lowest BCUT2D eigenvalue weighted by Gasteiger charge is -2.44. The maximum absolute atomic E-state index is 6.54. The van der Waals surface area contributed by atoms with Crippen molar-refractivity contribution in [3.63, 3.8) is 0 Å². The molecule has 1 unspecified atom stereocenters.